The molecule has 0 aliphatic rings. The molecule has 6 heteroatoms. The van der Waals surface area contributed by atoms with Crippen LogP contribution in [0.5, 0.6) is 0 Å². The lowest BCUT2D eigenvalue weighted by atomic mass is 10.1. The molecular weight excluding hydrogens is 329 g/mol. The van der Waals surface area contributed by atoms with E-state index in [1.807, 2.05) is 19.1 Å². The lowest BCUT2D eigenvalue weighted by Gasteiger charge is -2.11. The number of anilines is 1. The molecule has 112 valence electrons. The standard InChI is InChI=1S/C15H15Cl2NO2S/c1-3-11-4-5-14(6-10(11)2)18-21(19,20)15-8-12(16)7-13(17)9-15/h4-9,18H,3H2,1-2H3. The molecule has 0 fully saturated rings. The predicted molar refractivity (Wildman–Crippen MR) is 87.8 cm³/mol. The lowest BCUT2D eigenvalue weighted by molar-refractivity contribution is 0.601. The van der Waals surface area contributed by atoms with Crippen LogP contribution in [0.15, 0.2) is 41.3 Å². The van der Waals surface area contributed by atoms with Gasteiger partial charge in [-0.3, -0.25) is 4.72 Å². The molecule has 0 radical (unpaired) electrons. The van der Waals surface area contributed by atoms with Gasteiger partial charge in [0.25, 0.3) is 10.0 Å². The van der Waals surface area contributed by atoms with Crippen LogP contribution >= 0.6 is 23.2 Å². The summed E-state index contributed by atoms with van der Waals surface area (Å²) in [5.74, 6) is 0. The summed E-state index contributed by atoms with van der Waals surface area (Å²) in [7, 11) is -3.71. The third kappa shape index (κ3) is 3.90. The van der Waals surface area contributed by atoms with Gasteiger partial charge in [-0.1, -0.05) is 36.2 Å². The number of hydrogen-bond acceptors (Lipinski definition) is 2. The highest BCUT2D eigenvalue weighted by Crippen LogP contribution is 2.25. The van der Waals surface area contributed by atoms with Crippen LogP contribution < -0.4 is 4.72 Å². The van der Waals surface area contributed by atoms with Gasteiger partial charge in [-0.05, 0) is 54.8 Å². The summed E-state index contributed by atoms with van der Waals surface area (Å²) < 4.78 is 27.2. The number of sulfonamides is 1. The third-order valence-corrected chi connectivity index (χ3v) is 4.92. The Bertz CT molecular complexity index is 753. The molecule has 0 unspecified atom stereocenters. The molecule has 0 saturated carbocycles. The molecule has 0 atom stereocenters. The quantitative estimate of drug-likeness (QED) is 0.876. The van der Waals surface area contributed by atoms with Crippen molar-refractivity contribution >= 4 is 38.9 Å². The van der Waals surface area contributed by atoms with Crippen LogP contribution in [0.25, 0.3) is 0 Å². The topological polar surface area (TPSA) is 46.2 Å². The Kier molecular flexibility index (Phi) is 4.81. The summed E-state index contributed by atoms with van der Waals surface area (Å²) in [6, 6.07) is 9.69. The van der Waals surface area contributed by atoms with E-state index < -0.39 is 10.0 Å². The van der Waals surface area contributed by atoms with Gasteiger partial charge in [-0.25, -0.2) is 8.42 Å². The number of nitrogens with one attached hydrogen (secondary N) is 1. The zero-order chi connectivity index (χ0) is 15.6. The molecule has 1 N–H and O–H groups in total. The second kappa shape index (κ2) is 6.26. The average molecular weight is 344 g/mol. The van der Waals surface area contributed by atoms with Crippen LogP contribution in [-0.2, 0) is 16.4 Å². The molecule has 3 nitrogen and oxygen atoms in total. The van der Waals surface area contributed by atoms with Gasteiger partial charge in [0, 0.05) is 15.7 Å². The highest BCUT2D eigenvalue weighted by molar-refractivity contribution is 7.92. The zero-order valence-electron chi connectivity index (χ0n) is 11.7. The van der Waals surface area contributed by atoms with Gasteiger partial charge < -0.3 is 0 Å². The minimum Gasteiger partial charge on any atom is -0.280 e. The zero-order valence-corrected chi connectivity index (χ0v) is 14.0. The average Bonchev–Trinajstić information content (AvgIpc) is 2.37. The summed E-state index contributed by atoms with van der Waals surface area (Å²) in [5, 5.41) is 0.556. The molecule has 0 heterocycles. The van der Waals surface area contributed by atoms with E-state index in [0.29, 0.717) is 5.69 Å². The molecule has 0 saturated heterocycles. The fraction of sp³-hybridized carbons (Fsp3) is 0.200. The number of aryl methyl sites for hydroxylation is 2. The Morgan fingerprint density at radius 2 is 1.67 bits per heavy atom. The number of rotatable bonds is 4. The van der Waals surface area contributed by atoms with Crippen LogP contribution in [0.3, 0.4) is 0 Å². The van der Waals surface area contributed by atoms with E-state index in [2.05, 4.69) is 11.6 Å². The van der Waals surface area contributed by atoms with E-state index in [1.165, 1.54) is 23.8 Å². The van der Waals surface area contributed by atoms with Crippen molar-refractivity contribution in [2.75, 3.05) is 4.72 Å². The third-order valence-electron chi connectivity index (χ3n) is 3.12. The minimum atomic E-state index is -3.71. The van der Waals surface area contributed by atoms with Gasteiger partial charge >= 0.3 is 0 Å². The maximum Gasteiger partial charge on any atom is 0.261 e. The maximum atomic E-state index is 12.3. The van der Waals surface area contributed by atoms with Crippen molar-refractivity contribution in [3.63, 3.8) is 0 Å². The smallest absolute Gasteiger partial charge is 0.261 e. The van der Waals surface area contributed by atoms with Crippen LogP contribution in [0.2, 0.25) is 10.0 Å². The molecule has 2 aromatic carbocycles. The van der Waals surface area contributed by atoms with Crippen LogP contribution in [0, 0.1) is 6.92 Å². The van der Waals surface area contributed by atoms with Gasteiger partial charge in [-0.15, -0.1) is 0 Å². The van der Waals surface area contributed by atoms with Gasteiger partial charge in [0.1, 0.15) is 0 Å². The molecule has 0 aliphatic carbocycles. The van der Waals surface area contributed by atoms with E-state index in [4.69, 9.17) is 23.2 Å². The number of halogens is 2. The predicted octanol–water partition coefficient (Wildman–Crippen LogP) is 4.67. The Labute approximate surface area is 135 Å². The molecule has 0 aromatic heterocycles. The highest BCUT2D eigenvalue weighted by atomic mass is 35.5. The van der Waals surface area contributed by atoms with E-state index in [1.54, 1.807) is 6.07 Å². The number of hydrogen-bond donors (Lipinski definition) is 1. The Morgan fingerprint density at radius 1 is 1.05 bits per heavy atom. The van der Waals surface area contributed by atoms with Gasteiger partial charge in [0.2, 0.25) is 0 Å². The fourth-order valence-electron chi connectivity index (χ4n) is 2.05. The molecule has 2 rings (SSSR count). The van der Waals surface area contributed by atoms with E-state index >= 15 is 0 Å². The van der Waals surface area contributed by atoms with Crippen molar-refractivity contribution in [1.29, 1.82) is 0 Å². The van der Waals surface area contributed by atoms with Gasteiger partial charge in [0.05, 0.1) is 4.90 Å². The van der Waals surface area contributed by atoms with Gasteiger partial charge in [0.15, 0.2) is 0 Å². The van der Waals surface area contributed by atoms with Crippen molar-refractivity contribution in [3.05, 3.63) is 57.6 Å². The van der Waals surface area contributed by atoms with E-state index in [0.717, 1.165) is 12.0 Å². The summed E-state index contributed by atoms with van der Waals surface area (Å²) in [6.07, 6.45) is 0.906. The Hall–Kier alpha value is -1.23. The molecule has 0 amide bonds. The molecule has 21 heavy (non-hydrogen) atoms. The normalized spacial score (nSPS) is 11.4. The first-order chi connectivity index (χ1) is 9.81. The second-order valence-corrected chi connectivity index (χ2v) is 7.26. The summed E-state index contributed by atoms with van der Waals surface area (Å²) in [5.41, 5.74) is 2.74. The summed E-state index contributed by atoms with van der Waals surface area (Å²) in [4.78, 5) is 0.0391. The Balaban J connectivity index is 2.35. The largest absolute Gasteiger partial charge is 0.280 e. The van der Waals surface area contributed by atoms with Crippen molar-refractivity contribution in [1.82, 2.24) is 0 Å². The fourth-order valence-corrected chi connectivity index (χ4v) is 3.83. The first kappa shape index (κ1) is 16.1. The van der Waals surface area contributed by atoms with Crippen LogP contribution in [0.4, 0.5) is 5.69 Å². The maximum absolute atomic E-state index is 12.3. The van der Waals surface area contributed by atoms with Crippen molar-refractivity contribution < 1.29 is 8.42 Å². The van der Waals surface area contributed by atoms with E-state index in [-0.39, 0.29) is 14.9 Å². The SMILES string of the molecule is CCc1ccc(NS(=O)(=O)c2cc(Cl)cc(Cl)c2)cc1C. The number of benzene rings is 2. The summed E-state index contributed by atoms with van der Waals surface area (Å²) in [6.45, 7) is 4.01. The van der Waals surface area contributed by atoms with Gasteiger partial charge in [-0.2, -0.15) is 0 Å². The lowest BCUT2D eigenvalue weighted by Crippen LogP contribution is -2.13. The Morgan fingerprint density at radius 3 is 2.19 bits per heavy atom. The van der Waals surface area contributed by atoms with Crippen LogP contribution in [0.1, 0.15) is 18.1 Å². The molecule has 0 aliphatic heterocycles. The van der Waals surface area contributed by atoms with E-state index in [9.17, 15) is 8.42 Å². The van der Waals surface area contributed by atoms with Crippen molar-refractivity contribution in [2.45, 2.75) is 25.2 Å². The molecule has 0 bridgehead atoms. The minimum absolute atomic E-state index is 0.0391. The van der Waals surface area contributed by atoms with Crippen molar-refractivity contribution in [3.8, 4) is 0 Å². The monoisotopic (exact) mass is 343 g/mol. The first-order valence-corrected chi connectivity index (χ1v) is 8.64. The van der Waals surface area contributed by atoms with Crippen LogP contribution in [-0.4, -0.2) is 8.42 Å². The molecule has 2 aromatic rings. The molecular formula is C15H15Cl2NO2S. The second-order valence-electron chi connectivity index (χ2n) is 4.71. The first-order valence-electron chi connectivity index (χ1n) is 6.40. The summed E-state index contributed by atoms with van der Waals surface area (Å²) >= 11 is 11.7. The van der Waals surface area contributed by atoms with Crippen molar-refractivity contribution in [2.24, 2.45) is 0 Å². The highest BCUT2D eigenvalue weighted by Gasteiger charge is 2.16. The molecule has 0 spiro atoms.